The Labute approximate surface area is 70.6 Å². The smallest absolute Gasteiger partial charge is 0.338 e. The van der Waals surface area contributed by atoms with Gasteiger partial charge in [0.2, 0.25) is 0 Å². The molecule has 0 fully saturated rings. The van der Waals surface area contributed by atoms with E-state index in [9.17, 15) is 9.18 Å². The normalized spacial score (nSPS) is 21.1. The lowest BCUT2D eigenvalue weighted by Gasteiger charge is -2.01. The van der Waals surface area contributed by atoms with Crippen molar-refractivity contribution in [3.8, 4) is 0 Å². The molecule has 0 heterocycles. The molecule has 0 aliphatic rings. The third-order valence-corrected chi connectivity index (χ3v) is 1.18. The quantitative estimate of drug-likeness (QED) is 0.656. The molecule has 0 aliphatic heterocycles. The highest BCUT2D eigenvalue weighted by atomic mass is 19.1. The summed E-state index contributed by atoms with van der Waals surface area (Å²) >= 11 is 0. The van der Waals surface area contributed by atoms with Gasteiger partial charge in [-0.3, -0.25) is 0 Å². The molecule has 3 heteroatoms. The number of halogens is 1. The Morgan fingerprint density at radius 3 is 2.82 bits per heavy atom. The number of hydrogen-bond acceptors (Lipinski definition) is 1. The molecule has 0 spiro atoms. The molecular formula is C8H15FO2. The van der Waals surface area contributed by atoms with Gasteiger partial charge in [-0.05, 0) is 12.8 Å². The fraction of sp³-hybridized carbons (Fsp3) is 0.875. The molecule has 1 N–H and O–H groups in total. The second-order valence-electron chi connectivity index (χ2n) is 2.21. The van der Waals surface area contributed by atoms with Crippen LogP contribution in [0.3, 0.4) is 0 Å². The van der Waals surface area contributed by atoms with E-state index in [1.807, 2.05) is 6.92 Å². The van der Waals surface area contributed by atoms with Crippen LogP contribution in [0.4, 0.5) is 4.39 Å². The largest absolute Gasteiger partial charge is 0.479 e. The molecule has 0 saturated heterocycles. The summed E-state index contributed by atoms with van der Waals surface area (Å²) in [7, 11) is 0. The lowest BCUT2D eigenvalue weighted by Crippen LogP contribution is -2.13. The molecular weight excluding hydrogens is 147 g/mol. The molecule has 0 bridgehead atoms. The molecule has 0 rings (SSSR count). The fourth-order valence-electron chi connectivity index (χ4n) is 0.564. The van der Waals surface area contributed by atoms with Crippen LogP contribution in [0.25, 0.3) is 0 Å². The second kappa shape index (κ2) is 6.13. The highest BCUT2D eigenvalue weighted by Crippen LogP contribution is 2.07. The van der Waals surface area contributed by atoms with Crippen LogP contribution in [0.5, 0.6) is 0 Å². The first-order valence-corrected chi connectivity index (χ1v) is 3.63. The average molecular weight is 165 g/mol. The topological polar surface area (TPSA) is 37.3 Å². The van der Waals surface area contributed by atoms with E-state index < -0.39 is 24.9 Å². The minimum Gasteiger partial charge on any atom is -0.479 e. The van der Waals surface area contributed by atoms with Crippen molar-refractivity contribution in [2.75, 3.05) is 0 Å². The maximum Gasteiger partial charge on any atom is 0.338 e. The Hall–Kier alpha value is -0.600. The van der Waals surface area contributed by atoms with Crippen molar-refractivity contribution in [1.82, 2.24) is 0 Å². The number of aliphatic carboxylic acids is 1. The lowest BCUT2D eigenvalue weighted by molar-refractivity contribution is -0.143. The first-order chi connectivity index (χ1) is 6.34. The summed E-state index contributed by atoms with van der Waals surface area (Å²) in [5.74, 6) is -1.84. The summed E-state index contributed by atoms with van der Waals surface area (Å²) in [6, 6.07) is 0. The Morgan fingerprint density at radius 2 is 2.36 bits per heavy atom. The molecule has 2 unspecified atom stereocenters. The van der Waals surface area contributed by atoms with Gasteiger partial charge in [0.25, 0.3) is 0 Å². The summed E-state index contributed by atoms with van der Waals surface area (Å²) in [6.45, 7) is 1.87. The highest BCUT2D eigenvalue weighted by molar-refractivity contribution is 5.71. The van der Waals surface area contributed by atoms with Crippen LogP contribution in [0.2, 0.25) is 0 Å². The van der Waals surface area contributed by atoms with E-state index in [4.69, 9.17) is 9.22 Å². The van der Waals surface area contributed by atoms with E-state index in [1.165, 1.54) is 0 Å². The molecule has 66 valence electrons. The Kier molecular flexibility index (Phi) is 3.33. The van der Waals surface area contributed by atoms with Crippen LogP contribution in [0.15, 0.2) is 0 Å². The standard InChI is InChI=1S/C8H15FO2/c1-2-3-4-5-6-7(9)8(10)11/h7H,2-6H2,1H3,(H,10,11)/i5D,6D2. The number of carboxylic acid groups (broad SMARTS) is 1. The van der Waals surface area contributed by atoms with Crippen molar-refractivity contribution >= 4 is 5.97 Å². The maximum absolute atomic E-state index is 12.9. The molecule has 0 aromatic rings. The van der Waals surface area contributed by atoms with E-state index in [-0.39, 0.29) is 6.42 Å². The van der Waals surface area contributed by atoms with Crippen LogP contribution in [0.1, 0.15) is 43.1 Å². The van der Waals surface area contributed by atoms with Crippen molar-refractivity contribution in [2.24, 2.45) is 0 Å². The zero-order valence-corrected chi connectivity index (χ0v) is 6.51. The van der Waals surface area contributed by atoms with Crippen LogP contribution in [-0.2, 0) is 4.79 Å². The van der Waals surface area contributed by atoms with Gasteiger partial charge in [-0.2, -0.15) is 0 Å². The number of carboxylic acids is 1. The molecule has 0 amide bonds. The van der Waals surface area contributed by atoms with Gasteiger partial charge in [0, 0.05) is 4.11 Å². The average Bonchev–Trinajstić information content (AvgIpc) is 2.12. The SMILES string of the molecule is [2H]C(CCCC)C([2H])([2H])C(F)C(=O)O. The van der Waals surface area contributed by atoms with Crippen LogP contribution in [-0.4, -0.2) is 17.2 Å². The van der Waals surface area contributed by atoms with E-state index in [1.54, 1.807) is 0 Å². The van der Waals surface area contributed by atoms with Crippen molar-refractivity contribution in [3.05, 3.63) is 0 Å². The first-order valence-electron chi connectivity index (χ1n) is 5.20. The van der Waals surface area contributed by atoms with Crippen LogP contribution < -0.4 is 0 Å². The van der Waals surface area contributed by atoms with Gasteiger partial charge in [0.05, 0.1) is 0 Å². The van der Waals surface area contributed by atoms with Gasteiger partial charge < -0.3 is 5.11 Å². The van der Waals surface area contributed by atoms with Gasteiger partial charge in [-0.25, -0.2) is 9.18 Å². The predicted octanol–water partition coefficient (Wildman–Crippen LogP) is 2.38. The second-order valence-corrected chi connectivity index (χ2v) is 2.21. The molecule has 11 heavy (non-hydrogen) atoms. The van der Waals surface area contributed by atoms with Gasteiger partial charge in [-0.1, -0.05) is 26.2 Å². The number of unbranched alkanes of at least 4 members (excludes halogenated alkanes) is 1. The van der Waals surface area contributed by atoms with Gasteiger partial charge in [0.15, 0.2) is 6.17 Å². The summed E-state index contributed by atoms with van der Waals surface area (Å²) < 4.78 is 34.6. The predicted molar refractivity (Wildman–Crippen MR) is 41.3 cm³/mol. The molecule has 2 nitrogen and oxygen atoms in total. The minimum absolute atomic E-state index is 0.178. The first kappa shape index (κ1) is 5.98. The Morgan fingerprint density at radius 1 is 1.73 bits per heavy atom. The molecule has 0 radical (unpaired) electrons. The lowest BCUT2D eigenvalue weighted by atomic mass is 10.1. The van der Waals surface area contributed by atoms with Crippen molar-refractivity contribution in [1.29, 1.82) is 0 Å². The Bertz CT molecular complexity index is 199. The fourth-order valence-corrected chi connectivity index (χ4v) is 0.564. The van der Waals surface area contributed by atoms with Gasteiger partial charge in [0.1, 0.15) is 0 Å². The minimum atomic E-state index is -2.62. The highest BCUT2D eigenvalue weighted by Gasteiger charge is 2.13. The summed E-state index contributed by atoms with van der Waals surface area (Å²) in [6.07, 6.45) is -5.01. The zero-order chi connectivity index (χ0) is 11.4. The monoisotopic (exact) mass is 165 g/mol. The zero-order valence-electron chi connectivity index (χ0n) is 9.51. The van der Waals surface area contributed by atoms with Gasteiger partial charge >= 0.3 is 5.97 Å². The molecule has 0 aromatic carbocycles. The van der Waals surface area contributed by atoms with Crippen molar-refractivity contribution in [3.63, 3.8) is 0 Å². The van der Waals surface area contributed by atoms with Crippen LogP contribution in [0, 0.1) is 0 Å². The number of hydrogen-bond donors (Lipinski definition) is 1. The summed E-state index contributed by atoms with van der Waals surface area (Å²) in [5, 5.41) is 8.29. The maximum atomic E-state index is 12.9. The summed E-state index contributed by atoms with van der Waals surface area (Å²) in [4.78, 5) is 10.2. The van der Waals surface area contributed by atoms with E-state index in [2.05, 4.69) is 0 Å². The summed E-state index contributed by atoms with van der Waals surface area (Å²) in [5.41, 5.74) is 0. The molecule has 0 aliphatic carbocycles. The van der Waals surface area contributed by atoms with E-state index in [0.717, 1.165) is 6.42 Å². The Balaban J connectivity index is 4.35. The van der Waals surface area contributed by atoms with E-state index >= 15 is 0 Å². The molecule has 0 aromatic heterocycles. The number of carbonyl (C=O) groups is 1. The van der Waals surface area contributed by atoms with Crippen molar-refractivity contribution in [2.45, 2.75) is 45.1 Å². The molecule has 2 atom stereocenters. The van der Waals surface area contributed by atoms with E-state index in [0.29, 0.717) is 6.42 Å². The molecule has 0 saturated carbocycles. The van der Waals surface area contributed by atoms with Crippen LogP contribution >= 0.6 is 0 Å². The third kappa shape index (κ3) is 5.83. The van der Waals surface area contributed by atoms with Gasteiger partial charge in [-0.15, -0.1) is 0 Å². The van der Waals surface area contributed by atoms with Crippen molar-refractivity contribution < 1.29 is 18.4 Å². The number of alkyl halides is 1. The number of rotatable bonds is 6. The third-order valence-electron chi connectivity index (χ3n) is 1.18.